The Kier molecular flexibility index (Phi) is 38.3. The highest BCUT2D eigenvalue weighted by Gasteiger charge is 2.12. The zero-order chi connectivity index (χ0) is 34.3. The SMILES string of the molecule is CCCCCCCCCCCCCCCOC(=O)CCN(CCOCCO)CCC(=O)OCCCCCCCCCCCCCCC. The molecule has 0 rings (SSSR count). The molecule has 0 aliphatic heterocycles. The normalized spacial score (nSPS) is 11.4. The summed E-state index contributed by atoms with van der Waals surface area (Å²) in [6.07, 6.45) is 34.3. The minimum atomic E-state index is -0.185. The van der Waals surface area contributed by atoms with E-state index in [9.17, 15) is 9.59 Å². The lowest BCUT2D eigenvalue weighted by atomic mass is 10.0. The fourth-order valence-corrected chi connectivity index (χ4v) is 5.95. The Morgan fingerprint density at radius 2 is 0.745 bits per heavy atom. The molecule has 7 nitrogen and oxygen atoms in total. The molecule has 0 heterocycles. The third kappa shape index (κ3) is 37.5. The van der Waals surface area contributed by atoms with Crippen LogP contribution in [0.15, 0.2) is 0 Å². The molecule has 0 aliphatic rings. The van der Waals surface area contributed by atoms with Gasteiger partial charge >= 0.3 is 11.9 Å². The van der Waals surface area contributed by atoms with Gasteiger partial charge in [0.25, 0.3) is 0 Å². The summed E-state index contributed by atoms with van der Waals surface area (Å²) in [5, 5.41) is 8.97. The fourth-order valence-electron chi connectivity index (χ4n) is 5.95. The van der Waals surface area contributed by atoms with Crippen LogP contribution < -0.4 is 0 Å². The van der Waals surface area contributed by atoms with E-state index in [1.165, 1.54) is 141 Å². The predicted octanol–water partition coefficient (Wildman–Crippen LogP) is 10.3. The maximum Gasteiger partial charge on any atom is 0.307 e. The zero-order valence-electron chi connectivity index (χ0n) is 31.4. The van der Waals surface area contributed by atoms with Crippen LogP contribution in [-0.4, -0.2) is 74.6 Å². The Morgan fingerprint density at radius 3 is 1.06 bits per heavy atom. The third-order valence-corrected chi connectivity index (χ3v) is 9.07. The van der Waals surface area contributed by atoms with Gasteiger partial charge in [-0.25, -0.2) is 0 Å². The molecule has 0 aromatic heterocycles. The fraction of sp³-hybridized carbons (Fsp3) is 0.950. The highest BCUT2D eigenvalue weighted by Crippen LogP contribution is 2.14. The number of nitrogens with zero attached hydrogens (tertiary/aromatic N) is 1. The summed E-state index contributed by atoms with van der Waals surface area (Å²) in [7, 11) is 0. The van der Waals surface area contributed by atoms with Crippen LogP contribution in [0, 0.1) is 0 Å². The van der Waals surface area contributed by atoms with Gasteiger partial charge in [-0.15, -0.1) is 0 Å². The van der Waals surface area contributed by atoms with Gasteiger partial charge in [0.15, 0.2) is 0 Å². The number of rotatable bonds is 39. The van der Waals surface area contributed by atoms with E-state index in [-0.39, 0.29) is 25.2 Å². The molecule has 1 N–H and O–H groups in total. The van der Waals surface area contributed by atoms with Crippen molar-refractivity contribution in [1.29, 1.82) is 0 Å². The predicted molar refractivity (Wildman–Crippen MR) is 197 cm³/mol. The van der Waals surface area contributed by atoms with E-state index in [1.54, 1.807) is 0 Å². The molecule has 0 aromatic carbocycles. The molecule has 0 bridgehead atoms. The van der Waals surface area contributed by atoms with Crippen molar-refractivity contribution in [1.82, 2.24) is 4.90 Å². The lowest BCUT2D eigenvalue weighted by Gasteiger charge is -2.21. The zero-order valence-corrected chi connectivity index (χ0v) is 31.4. The van der Waals surface area contributed by atoms with Gasteiger partial charge in [0.2, 0.25) is 0 Å². The van der Waals surface area contributed by atoms with Gasteiger partial charge in [-0.1, -0.05) is 168 Å². The number of carbonyl (C=O) groups excluding carboxylic acids is 2. The van der Waals surface area contributed by atoms with Crippen molar-refractivity contribution >= 4 is 11.9 Å². The quantitative estimate of drug-likeness (QED) is 0.0515. The van der Waals surface area contributed by atoms with Crippen molar-refractivity contribution in [3.8, 4) is 0 Å². The van der Waals surface area contributed by atoms with Gasteiger partial charge in [0.05, 0.1) is 45.9 Å². The number of unbranched alkanes of at least 4 members (excludes halogenated alkanes) is 24. The summed E-state index contributed by atoms with van der Waals surface area (Å²) < 4.78 is 16.4. The van der Waals surface area contributed by atoms with Crippen molar-refractivity contribution in [2.45, 2.75) is 194 Å². The number of ether oxygens (including phenoxy) is 3. The largest absolute Gasteiger partial charge is 0.466 e. The molecule has 47 heavy (non-hydrogen) atoms. The molecular formula is C40H79NO6. The minimum absolute atomic E-state index is 0.0168. The minimum Gasteiger partial charge on any atom is -0.466 e. The molecule has 0 unspecified atom stereocenters. The van der Waals surface area contributed by atoms with Crippen molar-refractivity contribution in [2.75, 3.05) is 52.7 Å². The lowest BCUT2D eigenvalue weighted by molar-refractivity contribution is -0.144. The van der Waals surface area contributed by atoms with Gasteiger partial charge in [0.1, 0.15) is 0 Å². The van der Waals surface area contributed by atoms with E-state index in [4.69, 9.17) is 19.3 Å². The second-order valence-electron chi connectivity index (χ2n) is 13.6. The van der Waals surface area contributed by atoms with E-state index in [1.807, 2.05) is 0 Å². The van der Waals surface area contributed by atoms with Crippen molar-refractivity contribution in [3.05, 3.63) is 0 Å². The Morgan fingerprint density at radius 1 is 0.426 bits per heavy atom. The average molecular weight is 670 g/mol. The van der Waals surface area contributed by atoms with Gasteiger partial charge in [-0.05, 0) is 12.8 Å². The Hall–Kier alpha value is -1.18. The molecule has 0 spiro atoms. The van der Waals surface area contributed by atoms with Crippen molar-refractivity contribution < 1.29 is 28.9 Å². The van der Waals surface area contributed by atoms with Crippen LogP contribution in [0.3, 0.4) is 0 Å². The molecule has 0 aliphatic carbocycles. The highest BCUT2D eigenvalue weighted by molar-refractivity contribution is 5.70. The molecule has 280 valence electrons. The molecule has 7 heteroatoms. The maximum absolute atomic E-state index is 12.3. The van der Waals surface area contributed by atoms with Gasteiger partial charge in [-0.3, -0.25) is 14.5 Å². The third-order valence-electron chi connectivity index (χ3n) is 9.07. The molecular weight excluding hydrogens is 590 g/mol. The summed E-state index contributed by atoms with van der Waals surface area (Å²) in [5.74, 6) is -0.370. The van der Waals surface area contributed by atoms with E-state index in [0.717, 1.165) is 25.7 Å². The molecule has 0 radical (unpaired) electrons. The second-order valence-corrected chi connectivity index (χ2v) is 13.6. The number of aliphatic hydroxyl groups is 1. The first-order chi connectivity index (χ1) is 23.1. The monoisotopic (exact) mass is 670 g/mol. The summed E-state index contributed by atoms with van der Waals surface area (Å²) in [5.41, 5.74) is 0. The first kappa shape index (κ1) is 45.8. The van der Waals surface area contributed by atoms with Crippen LogP contribution >= 0.6 is 0 Å². The Bertz CT molecular complexity index is 598. The molecule has 0 saturated heterocycles. The first-order valence-corrected chi connectivity index (χ1v) is 20.4. The number of hydrogen-bond donors (Lipinski definition) is 1. The number of carbonyl (C=O) groups is 2. The topological polar surface area (TPSA) is 85.3 Å². The summed E-state index contributed by atoms with van der Waals surface area (Å²) in [6, 6.07) is 0. The van der Waals surface area contributed by atoms with E-state index in [2.05, 4.69) is 18.7 Å². The van der Waals surface area contributed by atoms with E-state index < -0.39 is 0 Å². The van der Waals surface area contributed by atoms with E-state index >= 15 is 0 Å². The Balaban J connectivity index is 3.84. The van der Waals surface area contributed by atoms with Gasteiger partial charge < -0.3 is 19.3 Å². The van der Waals surface area contributed by atoms with Crippen molar-refractivity contribution in [3.63, 3.8) is 0 Å². The van der Waals surface area contributed by atoms with E-state index in [0.29, 0.717) is 52.3 Å². The first-order valence-electron chi connectivity index (χ1n) is 20.4. The average Bonchev–Trinajstić information content (AvgIpc) is 3.07. The summed E-state index contributed by atoms with van der Waals surface area (Å²) in [6.45, 7) is 7.86. The molecule has 0 saturated carbocycles. The smallest absolute Gasteiger partial charge is 0.307 e. The second kappa shape index (κ2) is 39.3. The van der Waals surface area contributed by atoms with Crippen LogP contribution in [0.1, 0.15) is 194 Å². The van der Waals surface area contributed by atoms with Crippen molar-refractivity contribution in [2.24, 2.45) is 0 Å². The standard InChI is InChI=1S/C40H79NO6/c1-3-5-7-9-11-13-15-17-19-21-23-25-27-35-46-39(43)29-31-41(33-37-45-38-34-42)32-30-40(44)47-36-28-26-24-22-20-18-16-14-12-10-8-6-4-2/h42H,3-38H2,1-2H3. The van der Waals surface area contributed by atoms with Gasteiger partial charge in [0, 0.05) is 19.6 Å². The molecule has 0 atom stereocenters. The molecule has 0 fully saturated rings. The maximum atomic E-state index is 12.3. The van der Waals surface area contributed by atoms with Gasteiger partial charge in [-0.2, -0.15) is 0 Å². The van der Waals surface area contributed by atoms with Crippen LogP contribution in [0.2, 0.25) is 0 Å². The van der Waals surface area contributed by atoms with Crippen LogP contribution in [-0.2, 0) is 23.8 Å². The number of hydrogen-bond acceptors (Lipinski definition) is 7. The highest BCUT2D eigenvalue weighted by atomic mass is 16.5. The Labute approximate surface area is 291 Å². The van der Waals surface area contributed by atoms with Crippen LogP contribution in [0.4, 0.5) is 0 Å². The van der Waals surface area contributed by atoms with Crippen LogP contribution in [0.25, 0.3) is 0 Å². The number of esters is 2. The lowest BCUT2D eigenvalue weighted by Crippen LogP contribution is -2.33. The molecule has 0 aromatic rings. The summed E-state index contributed by atoms with van der Waals surface area (Å²) in [4.78, 5) is 26.7. The molecule has 0 amide bonds. The summed E-state index contributed by atoms with van der Waals surface area (Å²) >= 11 is 0. The van der Waals surface area contributed by atoms with Crippen LogP contribution in [0.5, 0.6) is 0 Å². The number of aliphatic hydroxyl groups excluding tert-OH is 1.